The lowest BCUT2D eigenvalue weighted by atomic mass is 9.77. The number of anilines is 1. The van der Waals surface area contributed by atoms with Gasteiger partial charge in [0.05, 0.1) is 85.3 Å². The summed E-state index contributed by atoms with van der Waals surface area (Å²) in [6.45, 7) is 39.5. The molecule has 0 spiro atoms. The van der Waals surface area contributed by atoms with Crippen molar-refractivity contribution in [1.29, 1.82) is 0 Å². The number of benzene rings is 7. The van der Waals surface area contributed by atoms with Crippen LogP contribution in [0.25, 0.3) is 83.2 Å². The van der Waals surface area contributed by atoms with Crippen LogP contribution >= 0.6 is 55.9 Å². The first-order chi connectivity index (χ1) is 64.3. The molecule has 138 heavy (non-hydrogen) atoms. The third kappa shape index (κ3) is 22.5. The van der Waals surface area contributed by atoms with Crippen molar-refractivity contribution in [2.45, 2.75) is 246 Å². The Morgan fingerprint density at radius 1 is 0.493 bits per heavy atom. The second kappa shape index (κ2) is 45.8. The summed E-state index contributed by atoms with van der Waals surface area (Å²) in [4.78, 5) is 45.5. The third-order valence-corrected chi connectivity index (χ3v) is 27.4. The first-order valence-corrected chi connectivity index (χ1v) is 48.3. The zero-order chi connectivity index (χ0) is 95.4. The average molecular weight is 2050 g/mol. The number of hydrogen-bond donors (Lipinski definition) is 5. The normalized spacial score (nSPS) is 13.9. The lowest BCUT2D eigenvalue weighted by Gasteiger charge is -2.32. The minimum Gasteiger partial charge on any atom is -0.444 e. The number of carbonyl (C=O) groups is 1. The van der Waals surface area contributed by atoms with Gasteiger partial charge in [0.1, 0.15) is 33.5 Å². The molecule has 9 aromatic heterocycles. The van der Waals surface area contributed by atoms with Crippen LogP contribution in [0.3, 0.4) is 0 Å². The molecule has 7 aromatic carbocycles. The van der Waals surface area contributed by atoms with Crippen LogP contribution < -0.4 is 15.7 Å². The van der Waals surface area contributed by atoms with Crippen LogP contribution in [0.1, 0.15) is 230 Å². The zero-order valence-electron chi connectivity index (χ0n) is 79.6. The SMILES string of the molecule is C.C.C.CC(C)c1cnc(Cl)nc1.CC1(C)OB(c2ccc(F)c3[nH]ccc23)OC1(C)C.CCc1cccc(CC)c1-n1nc2c(c1-c1ccc(F)c3[nH]ccc13)CN(c1ncc(C(C)C)cn1)CC2.CCc1cccc(CC)c1-n1nc2c(c1-c1ccc(F)c3[nH]ccc13)CNCC2.CCc1cccc(CC)c1-n1nc2c(c1Br)CN(C(=O)OC(C)(C)C)CC2.Cl.Fc1ccc(Br)c2cc[nH]c12. The molecule has 1 saturated heterocycles. The number of ether oxygens (including phenoxy) is 1. The number of rotatable bonds is 15. The molecule has 5 N–H and O–H groups in total. The number of amides is 1. The number of fused-ring (bicyclic) bond motifs is 7. The first-order valence-electron chi connectivity index (χ1n) is 46.4. The van der Waals surface area contributed by atoms with Gasteiger partial charge in [-0.3, -0.25) is 0 Å². The number of halogens is 8. The van der Waals surface area contributed by atoms with Gasteiger partial charge in [-0.2, -0.15) is 15.3 Å². The van der Waals surface area contributed by atoms with E-state index in [1.54, 1.807) is 66.3 Å². The fourth-order valence-electron chi connectivity index (χ4n) is 17.6. The molecule has 0 saturated carbocycles. The molecule has 30 heteroatoms. The quantitative estimate of drug-likeness (QED) is 0.0366. The minimum absolute atomic E-state index is 0. The predicted molar refractivity (Wildman–Crippen MR) is 564 cm³/mol. The number of nitrogens with one attached hydrogen (secondary N) is 5. The van der Waals surface area contributed by atoms with E-state index in [2.05, 4.69) is 205 Å². The van der Waals surface area contributed by atoms with Crippen molar-refractivity contribution in [1.82, 2.24) is 79.4 Å². The Kier molecular flexibility index (Phi) is 35.6. The molecule has 1 amide bonds. The van der Waals surface area contributed by atoms with Gasteiger partial charge >= 0.3 is 13.2 Å². The summed E-state index contributed by atoms with van der Waals surface area (Å²) in [7, 11) is -0.469. The number of aryl methyl sites for hydroxylation is 6. The Bertz CT molecular complexity index is 6770. The minimum atomic E-state index is -0.491. The molecule has 0 bridgehead atoms. The molecule has 20 rings (SSSR count). The fourth-order valence-corrected chi connectivity index (χ4v) is 18.8. The molecule has 0 aliphatic carbocycles. The fraction of sp³-hybridized carbons (Fsp3) is 0.370. The van der Waals surface area contributed by atoms with Gasteiger partial charge in [-0.05, 0) is 243 Å². The highest BCUT2D eigenvalue weighted by molar-refractivity contribution is 9.11. The lowest BCUT2D eigenvalue weighted by Crippen LogP contribution is -2.41. The molecular weight excluding hydrogens is 1920 g/mol. The van der Waals surface area contributed by atoms with Crippen LogP contribution in [0.5, 0.6) is 0 Å². The molecule has 0 atom stereocenters. The van der Waals surface area contributed by atoms with E-state index in [0.29, 0.717) is 58.8 Å². The number of carbonyl (C=O) groups excluding carboxylic acids is 1. The second-order valence-electron chi connectivity index (χ2n) is 36.6. The molecule has 13 heterocycles. The van der Waals surface area contributed by atoms with Gasteiger partial charge in [0.25, 0.3) is 0 Å². The first kappa shape index (κ1) is 107. The number of aromatic nitrogens is 14. The average Bonchev–Trinajstić information content (AvgIpc) is 1.59. The van der Waals surface area contributed by atoms with Crippen molar-refractivity contribution in [2.24, 2.45) is 0 Å². The smallest absolute Gasteiger partial charge is 0.444 e. The number of hydrogen-bond acceptors (Lipinski definition) is 13. The topological polar surface area (TPSA) is 231 Å². The molecule has 730 valence electrons. The van der Waals surface area contributed by atoms with Crippen molar-refractivity contribution in [3.8, 4) is 39.6 Å². The molecule has 1 fully saturated rings. The summed E-state index contributed by atoms with van der Waals surface area (Å²) >= 11 is 12.6. The number of nitrogens with zero attached hydrogens (tertiary/aromatic N) is 12. The molecule has 4 aliphatic heterocycles. The van der Waals surface area contributed by atoms with Crippen LogP contribution in [-0.4, -0.2) is 124 Å². The number of para-hydroxylation sites is 3. The lowest BCUT2D eigenvalue weighted by molar-refractivity contribution is 0.00578. The maximum Gasteiger partial charge on any atom is 0.495 e. The highest BCUT2D eigenvalue weighted by Gasteiger charge is 2.52. The predicted octanol–water partition coefficient (Wildman–Crippen LogP) is 27.0. The maximum absolute atomic E-state index is 14.7. The van der Waals surface area contributed by atoms with E-state index in [4.69, 9.17) is 50.9 Å². The molecule has 21 nitrogen and oxygen atoms in total. The van der Waals surface area contributed by atoms with E-state index in [1.807, 2.05) is 102 Å². The molecular formula is C108H130BBr2Cl2F4N17O4. The second-order valence-corrected chi connectivity index (χ2v) is 38.5. The number of aromatic amines is 4. The zero-order valence-corrected chi connectivity index (χ0v) is 84.4. The third-order valence-electron chi connectivity index (χ3n) is 25.7. The van der Waals surface area contributed by atoms with Crippen molar-refractivity contribution < 1.29 is 36.4 Å². The van der Waals surface area contributed by atoms with Gasteiger partial charge in [-0.15, -0.1) is 12.4 Å². The summed E-state index contributed by atoms with van der Waals surface area (Å²) in [6, 6.07) is 40.3. The van der Waals surface area contributed by atoms with Crippen LogP contribution in [0, 0.1) is 23.3 Å². The van der Waals surface area contributed by atoms with Gasteiger partial charge in [-0.1, -0.05) is 168 Å². The van der Waals surface area contributed by atoms with Crippen molar-refractivity contribution in [3.63, 3.8) is 0 Å². The van der Waals surface area contributed by atoms with Crippen LogP contribution in [0.2, 0.25) is 5.28 Å². The summed E-state index contributed by atoms with van der Waals surface area (Å²) in [5, 5.41) is 22.5. The monoisotopic (exact) mass is 2040 g/mol. The molecule has 0 radical (unpaired) electrons. The molecule has 4 aliphatic rings. The molecule has 0 unspecified atom stereocenters. The van der Waals surface area contributed by atoms with E-state index in [-0.39, 0.29) is 64.0 Å². The summed E-state index contributed by atoms with van der Waals surface area (Å²) < 4.78 is 81.4. The van der Waals surface area contributed by atoms with E-state index >= 15 is 0 Å². The Balaban J connectivity index is 0.000000166. The summed E-state index contributed by atoms with van der Waals surface area (Å²) in [5.74, 6) is 0.626. The van der Waals surface area contributed by atoms with Crippen LogP contribution in [0.15, 0.2) is 186 Å². The van der Waals surface area contributed by atoms with Gasteiger partial charge in [0.15, 0.2) is 0 Å². The van der Waals surface area contributed by atoms with Gasteiger partial charge < -0.3 is 49.1 Å². The van der Waals surface area contributed by atoms with Crippen LogP contribution in [-0.2, 0) is 91.5 Å². The highest BCUT2D eigenvalue weighted by Crippen LogP contribution is 2.44. The van der Waals surface area contributed by atoms with E-state index in [0.717, 1.165) is 193 Å². The Labute approximate surface area is 837 Å². The Hall–Kier alpha value is -11.2. The molecule has 16 aromatic rings. The summed E-state index contributed by atoms with van der Waals surface area (Å²) in [6.07, 6.45) is 22.2. The van der Waals surface area contributed by atoms with Gasteiger partial charge in [0, 0.05) is 155 Å². The van der Waals surface area contributed by atoms with E-state index in [9.17, 15) is 22.4 Å². The van der Waals surface area contributed by atoms with Crippen molar-refractivity contribution >= 4 is 124 Å². The van der Waals surface area contributed by atoms with Gasteiger partial charge in [0.2, 0.25) is 11.2 Å². The van der Waals surface area contributed by atoms with E-state index in [1.165, 1.54) is 56.8 Å². The van der Waals surface area contributed by atoms with Crippen LogP contribution in [0.4, 0.5) is 28.3 Å². The largest absolute Gasteiger partial charge is 0.495 e. The summed E-state index contributed by atoms with van der Waals surface area (Å²) in [5.41, 5.74) is 25.8. The Morgan fingerprint density at radius 3 is 1.33 bits per heavy atom. The maximum atomic E-state index is 14.7. The van der Waals surface area contributed by atoms with Gasteiger partial charge in [-0.25, -0.2) is 56.3 Å². The van der Waals surface area contributed by atoms with Crippen molar-refractivity contribution in [3.05, 3.63) is 293 Å². The standard InChI is InChI=1S/C31H33FN6.C24H25FN4.C21H28BrN3O2.C14H17BFNO2.C8H5BrFN.C7H9ClN2.3CH4.ClH/c1-5-20-8-7-9-21(6-2)29(20)38-30(24-10-11-26(32)28-23(24)12-14-33-28)25-18-37(15-13-27(25)36-38)31-34-16-22(17-35-31)19(3)4;1-3-15-6-5-7-16(4-2)23(15)29-24(19-14-26-12-11-21(19)28-29)18-8-9-20(25)22-17(18)10-13-27-22;1-6-14-9-8-10-15(7-2)18(14)25-19(22)16-13-24(12-11-17(16)23-25)20(26)27-21(3,4)5;1-13(2)14(3,4)19-15(18-13)10-5-6-11(16)12-9(10)7-8-17-12;9-6-1-2-7(10)8-5(6)3-4-11-8;1-5(2)6-3-9-7(8)10-4-6;;;;/h7-12,14,16-17,19,33H,5-6,13,15,18H2,1-4H3;5-10,13,26-27H,3-4,11-12,14H2,1-2H3;8-10H,6-7,11-13H2,1-5H3;5-8,17H,1-4H3;1-4,11H;3-5H,1-2H3;3*1H4;1H. The van der Waals surface area contributed by atoms with Crippen molar-refractivity contribution in [2.75, 3.05) is 24.5 Å². The number of H-pyrrole nitrogens is 4. The highest BCUT2D eigenvalue weighted by atomic mass is 79.9. The van der Waals surface area contributed by atoms with E-state index < -0.39 is 23.9 Å². The Morgan fingerprint density at radius 2 is 0.877 bits per heavy atom.